The van der Waals surface area contributed by atoms with Gasteiger partial charge in [0.1, 0.15) is 0 Å². The van der Waals surface area contributed by atoms with Gasteiger partial charge in [0.2, 0.25) is 0 Å². The molecule has 1 aliphatic heterocycles. The van der Waals surface area contributed by atoms with E-state index in [0.717, 1.165) is 18.6 Å². The molecule has 0 aromatic rings. The minimum Gasteiger partial charge on any atom is -0.465 e. The molecule has 5 heteroatoms. The van der Waals surface area contributed by atoms with Crippen LogP contribution in [-0.4, -0.2) is 38.4 Å². The summed E-state index contributed by atoms with van der Waals surface area (Å²) in [4.78, 5) is 25.2. The Morgan fingerprint density at radius 3 is 2.26 bits per heavy atom. The zero-order valence-electron chi connectivity index (χ0n) is 14.3. The summed E-state index contributed by atoms with van der Waals surface area (Å²) in [5, 5.41) is 0. The highest BCUT2D eigenvalue weighted by Crippen LogP contribution is 2.75. The van der Waals surface area contributed by atoms with Gasteiger partial charge in [-0.1, -0.05) is 19.1 Å². The predicted molar refractivity (Wildman–Crippen MR) is 83.5 cm³/mol. The molecule has 0 radical (unpaired) electrons. The fourth-order valence-corrected chi connectivity index (χ4v) is 4.77. The fraction of sp³-hybridized carbons (Fsp3) is 0.778. The molecule has 0 N–H and O–H groups in total. The fourth-order valence-electron chi connectivity index (χ4n) is 4.77. The Labute approximate surface area is 137 Å². The maximum atomic E-state index is 12.6. The highest BCUT2D eigenvalue weighted by molar-refractivity contribution is 6.01. The van der Waals surface area contributed by atoms with Crippen LogP contribution >= 0.6 is 0 Å². The number of fused-ring (bicyclic) bond motifs is 1. The third-order valence-corrected chi connectivity index (χ3v) is 6.14. The van der Waals surface area contributed by atoms with E-state index in [4.69, 9.17) is 14.2 Å². The minimum absolute atomic E-state index is 0.0326. The van der Waals surface area contributed by atoms with E-state index in [9.17, 15) is 9.59 Å². The number of carbonyl (C=O) groups is 2. The van der Waals surface area contributed by atoms with Gasteiger partial charge in [-0.3, -0.25) is 9.59 Å². The van der Waals surface area contributed by atoms with E-state index in [2.05, 4.69) is 13.5 Å². The zero-order valence-corrected chi connectivity index (χ0v) is 14.3. The van der Waals surface area contributed by atoms with E-state index in [-0.39, 0.29) is 30.0 Å². The lowest BCUT2D eigenvalue weighted by Crippen LogP contribution is -2.40. The molecule has 0 aromatic heterocycles. The SMILES string of the molecule is C=C1CC(C(=O)OCC)(C(=O)OCC)C[C@H]1[C@@]12COC[C@]1(C)C2. The van der Waals surface area contributed by atoms with E-state index in [1.165, 1.54) is 0 Å². The molecule has 2 saturated carbocycles. The molecular formula is C18H26O5. The van der Waals surface area contributed by atoms with Gasteiger partial charge in [0.05, 0.1) is 26.4 Å². The Bertz CT molecular complexity index is 532. The van der Waals surface area contributed by atoms with Crippen LogP contribution in [0.15, 0.2) is 12.2 Å². The van der Waals surface area contributed by atoms with Gasteiger partial charge < -0.3 is 14.2 Å². The first kappa shape index (κ1) is 16.5. The average molecular weight is 322 g/mol. The molecule has 3 atom stereocenters. The van der Waals surface area contributed by atoms with Gasteiger partial charge in [0, 0.05) is 5.41 Å². The van der Waals surface area contributed by atoms with Crippen LogP contribution in [0.3, 0.4) is 0 Å². The normalized spacial score (nSPS) is 37.3. The molecule has 0 spiro atoms. The third kappa shape index (κ3) is 2.16. The Kier molecular flexibility index (Phi) is 3.82. The number of hydrogen-bond acceptors (Lipinski definition) is 5. The first-order chi connectivity index (χ1) is 10.8. The van der Waals surface area contributed by atoms with Crippen LogP contribution in [0, 0.1) is 22.2 Å². The van der Waals surface area contributed by atoms with Crippen molar-refractivity contribution < 1.29 is 23.8 Å². The molecule has 0 aromatic carbocycles. The standard InChI is InChI=1S/C18H26O5/c1-5-22-14(19)17(15(20)23-6-2)7-12(3)13(8-17)18-9-16(18,4)10-21-11-18/h13H,3,5-11H2,1-2,4H3/t13-,16+,18-/m1/s1. The topological polar surface area (TPSA) is 61.8 Å². The van der Waals surface area contributed by atoms with Gasteiger partial charge in [-0.05, 0) is 44.4 Å². The van der Waals surface area contributed by atoms with E-state index in [1.54, 1.807) is 13.8 Å². The van der Waals surface area contributed by atoms with Crippen molar-refractivity contribution in [3.8, 4) is 0 Å². The Hall–Kier alpha value is -1.36. The maximum absolute atomic E-state index is 12.6. The van der Waals surface area contributed by atoms with Crippen molar-refractivity contribution in [3.05, 3.63) is 12.2 Å². The van der Waals surface area contributed by atoms with Crippen LogP contribution in [0.5, 0.6) is 0 Å². The lowest BCUT2D eigenvalue weighted by atomic mass is 9.78. The molecule has 128 valence electrons. The van der Waals surface area contributed by atoms with Crippen LogP contribution in [0.1, 0.15) is 40.0 Å². The number of ether oxygens (including phenoxy) is 3. The van der Waals surface area contributed by atoms with Crippen molar-refractivity contribution in [1.82, 2.24) is 0 Å². The summed E-state index contributed by atoms with van der Waals surface area (Å²) in [5.74, 6) is -0.830. The van der Waals surface area contributed by atoms with Gasteiger partial charge >= 0.3 is 11.9 Å². The highest BCUT2D eigenvalue weighted by Gasteiger charge is 2.74. The molecule has 3 rings (SSSR count). The van der Waals surface area contributed by atoms with Crippen molar-refractivity contribution >= 4 is 11.9 Å². The monoisotopic (exact) mass is 322 g/mol. The largest absolute Gasteiger partial charge is 0.465 e. The van der Waals surface area contributed by atoms with Gasteiger partial charge in [-0.15, -0.1) is 0 Å². The summed E-state index contributed by atoms with van der Waals surface area (Å²) in [6.07, 6.45) is 1.83. The Balaban J connectivity index is 1.89. The van der Waals surface area contributed by atoms with Gasteiger partial charge in [0.25, 0.3) is 0 Å². The molecule has 3 aliphatic rings. The smallest absolute Gasteiger partial charge is 0.323 e. The summed E-state index contributed by atoms with van der Waals surface area (Å²) in [7, 11) is 0. The number of esters is 2. The molecule has 5 nitrogen and oxygen atoms in total. The van der Waals surface area contributed by atoms with Crippen molar-refractivity contribution in [2.45, 2.75) is 40.0 Å². The molecule has 0 unspecified atom stereocenters. The quantitative estimate of drug-likeness (QED) is 0.442. The van der Waals surface area contributed by atoms with Crippen molar-refractivity contribution in [1.29, 1.82) is 0 Å². The van der Waals surface area contributed by atoms with E-state index >= 15 is 0 Å². The summed E-state index contributed by atoms with van der Waals surface area (Å²) < 4.78 is 16.1. The molecule has 1 heterocycles. The zero-order chi connectivity index (χ0) is 16.9. The van der Waals surface area contributed by atoms with Crippen LogP contribution in [-0.2, 0) is 23.8 Å². The number of hydrogen-bond donors (Lipinski definition) is 0. The van der Waals surface area contributed by atoms with Gasteiger partial charge in [-0.2, -0.15) is 0 Å². The number of carbonyl (C=O) groups excluding carboxylic acids is 2. The average Bonchev–Trinajstić information content (AvgIpc) is 2.80. The molecule has 0 bridgehead atoms. The van der Waals surface area contributed by atoms with Crippen molar-refractivity contribution in [2.75, 3.05) is 26.4 Å². The molecule has 23 heavy (non-hydrogen) atoms. The molecular weight excluding hydrogens is 296 g/mol. The van der Waals surface area contributed by atoms with Gasteiger partial charge in [0.15, 0.2) is 5.41 Å². The second kappa shape index (κ2) is 5.33. The molecule has 1 saturated heterocycles. The van der Waals surface area contributed by atoms with Gasteiger partial charge in [-0.25, -0.2) is 0 Å². The molecule has 3 fully saturated rings. The predicted octanol–water partition coefficient (Wildman–Crippen LogP) is 2.49. The van der Waals surface area contributed by atoms with Crippen molar-refractivity contribution in [3.63, 3.8) is 0 Å². The highest BCUT2D eigenvalue weighted by atomic mass is 16.6. The first-order valence-electron chi connectivity index (χ1n) is 8.45. The van der Waals surface area contributed by atoms with E-state index < -0.39 is 17.4 Å². The second-order valence-electron chi connectivity index (χ2n) is 7.50. The first-order valence-corrected chi connectivity index (χ1v) is 8.45. The van der Waals surface area contributed by atoms with Crippen LogP contribution in [0.4, 0.5) is 0 Å². The summed E-state index contributed by atoms with van der Waals surface area (Å²) in [6, 6.07) is 0. The van der Waals surface area contributed by atoms with Crippen LogP contribution in [0.25, 0.3) is 0 Å². The van der Waals surface area contributed by atoms with E-state index in [0.29, 0.717) is 19.4 Å². The lowest BCUT2D eigenvalue weighted by molar-refractivity contribution is -0.171. The summed E-state index contributed by atoms with van der Waals surface area (Å²) >= 11 is 0. The Morgan fingerprint density at radius 1 is 1.22 bits per heavy atom. The summed E-state index contributed by atoms with van der Waals surface area (Å²) in [6.45, 7) is 11.9. The van der Waals surface area contributed by atoms with Crippen LogP contribution in [0.2, 0.25) is 0 Å². The van der Waals surface area contributed by atoms with Crippen molar-refractivity contribution in [2.24, 2.45) is 22.2 Å². The third-order valence-electron chi connectivity index (χ3n) is 6.14. The molecule has 2 aliphatic carbocycles. The second-order valence-corrected chi connectivity index (χ2v) is 7.50. The minimum atomic E-state index is -1.23. The van der Waals surface area contributed by atoms with Crippen LogP contribution < -0.4 is 0 Å². The Morgan fingerprint density at radius 2 is 1.83 bits per heavy atom. The maximum Gasteiger partial charge on any atom is 0.323 e. The number of allylic oxidation sites excluding steroid dienone is 1. The lowest BCUT2D eigenvalue weighted by Gasteiger charge is -2.26. The molecule has 0 amide bonds. The summed E-state index contributed by atoms with van der Waals surface area (Å²) in [5.41, 5.74) is -0.0836. The van der Waals surface area contributed by atoms with E-state index in [1.807, 2.05) is 0 Å². The number of rotatable bonds is 5.